The van der Waals surface area contributed by atoms with Crippen LogP contribution in [0.4, 0.5) is 5.82 Å². The van der Waals surface area contributed by atoms with Gasteiger partial charge < -0.3 is 4.90 Å². The maximum Gasteiger partial charge on any atom is 0.166 e. The minimum atomic E-state index is 0.0745. The number of ketones is 1. The quantitative estimate of drug-likeness (QED) is 0.802. The van der Waals surface area contributed by atoms with E-state index in [-0.39, 0.29) is 11.7 Å². The van der Waals surface area contributed by atoms with Gasteiger partial charge in [0.15, 0.2) is 5.78 Å². The lowest BCUT2D eigenvalue weighted by molar-refractivity contribution is 0.0900. The number of rotatable bonds is 3. The highest BCUT2D eigenvalue weighted by molar-refractivity contribution is 6.30. The molecule has 5 heteroatoms. The average Bonchev–Trinajstić information content (AvgIpc) is 2.57. The molecule has 4 nitrogen and oxygen atoms in total. The number of aromatic nitrogens is 2. The van der Waals surface area contributed by atoms with Gasteiger partial charge in [0.05, 0.1) is 11.4 Å². The van der Waals surface area contributed by atoms with Gasteiger partial charge in [-0.2, -0.15) is 0 Å². The Labute approximate surface area is 141 Å². The topological polar surface area (TPSA) is 46.1 Å². The number of benzene rings is 1. The fraction of sp³-hybridized carbons (Fsp3) is 0.389. The van der Waals surface area contributed by atoms with Crippen LogP contribution in [-0.4, -0.2) is 28.8 Å². The van der Waals surface area contributed by atoms with Crippen LogP contribution in [0.5, 0.6) is 0 Å². The summed E-state index contributed by atoms with van der Waals surface area (Å²) in [5.41, 5.74) is 2.61. The Bertz CT molecular complexity index is 707. The Morgan fingerprint density at radius 2 is 1.83 bits per heavy atom. The molecule has 1 saturated heterocycles. The summed E-state index contributed by atoms with van der Waals surface area (Å²) in [6.45, 7) is 5.60. The number of anilines is 1. The van der Waals surface area contributed by atoms with E-state index in [0.29, 0.717) is 5.02 Å². The molecule has 0 N–H and O–H groups in total. The van der Waals surface area contributed by atoms with Crippen LogP contribution in [0.1, 0.15) is 34.6 Å². The molecule has 0 bridgehead atoms. The number of hydrogen-bond acceptors (Lipinski definition) is 4. The van der Waals surface area contributed by atoms with E-state index in [4.69, 9.17) is 11.6 Å². The number of carbonyl (C=O) groups is 1. The van der Waals surface area contributed by atoms with Crippen molar-refractivity contribution in [1.29, 1.82) is 0 Å². The molecule has 1 aliphatic heterocycles. The van der Waals surface area contributed by atoms with Crippen molar-refractivity contribution in [2.45, 2.75) is 26.7 Å². The largest absolute Gasteiger partial charge is 0.355 e. The normalized spacial score (nSPS) is 15.7. The van der Waals surface area contributed by atoms with E-state index >= 15 is 0 Å². The lowest BCUT2D eigenvalue weighted by Crippen LogP contribution is -2.37. The highest BCUT2D eigenvalue weighted by Crippen LogP contribution is 2.26. The maximum atomic E-state index is 12.6. The van der Waals surface area contributed by atoms with Crippen LogP contribution in [0.25, 0.3) is 0 Å². The molecule has 1 fully saturated rings. The SMILES string of the molecule is Cc1cnc(C)c(N2CCC(C(=O)c3ccc(Cl)cc3)CC2)n1. The number of halogens is 1. The zero-order chi connectivity index (χ0) is 16.4. The van der Waals surface area contributed by atoms with Crippen molar-refractivity contribution in [1.82, 2.24) is 9.97 Å². The minimum Gasteiger partial charge on any atom is -0.355 e. The summed E-state index contributed by atoms with van der Waals surface area (Å²) in [5.74, 6) is 1.24. The molecule has 120 valence electrons. The van der Waals surface area contributed by atoms with E-state index < -0.39 is 0 Å². The molecule has 1 aliphatic rings. The number of aryl methyl sites for hydroxylation is 2. The first kappa shape index (κ1) is 15.9. The Morgan fingerprint density at radius 3 is 2.48 bits per heavy atom. The third kappa shape index (κ3) is 3.53. The highest BCUT2D eigenvalue weighted by Gasteiger charge is 2.27. The summed E-state index contributed by atoms with van der Waals surface area (Å²) in [6.07, 6.45) is 3.47. The first-order valence-electron chi connectivity index (χ1n) is 7.89. The molecule has 0 amide bonds. The second kappa shape index (κ2) is 6.67. The molecule has 1 aromatic carbocycles. The maximum absolute atomic E-state index is 12.6. The summed E-state index contributed by atoms with van der Waals surface area (Å²) in [6, 6.07) is 7.17. The van der Waals surface area contributed by atoms with Gasteiger partial charge in [-0.3, -0.25) is 9.78 Å². The Kier molecular flexibility index (Phi) is 4.62. The molecule has 1 aromatic heterocycles. The molecule has 0 unspecified atom stereocenters. The minimum absolute atomic E-state index is 0.0745. The first-order chi connectivity index (χ1) is 11.0. The van der Waals surface area contributed by atoms with Crippen molar-refractivity contribution in [2.24, 2.45) is 5.92 Å². The fourth-order valence-electron chi connectivity index (χ4n) is 3.03. The Hall–Kier alpha value is -1.94. The van der Waals surface area contributed by atoms with Gasteiger partial charge in [-0.15, -0.1) is 0 Å². The predicted molar refractivity (Wildman–Crippen MR) is 92.2 cm³/mol. The third-order valence-electron chi connectivity index (χ3n) is 4.34. The second-order valence-electron chi connectivity index (χ2n) is 6.05. The number of Topliss-reactive ketones (excluding diaryl/α,β-unsaturated/α-hetero) is 1. The zero-order valence-electron chi connectivity index (χ0n) is 13.4. The van der Waals surface area contributed by atoms with Gasteiger partial charge in [-0.25, -0.2) is 4.98 Å². The van der Waals surface area contributed by atoms with Crippen molar-refractivity contribution in [3.8, 4) is 0 Å². The molecule has 0 atom stereocenters. The van der Waals surface area contributed by atoms with Crippen LogP contribution in [0.3, 0.4) is 0 Å². The molecule has 23 heavy (non-hydrogen) atoms. The standard InChI is InChI=1S/C18H20ClN3O/c1-12-11-20-13(2)18(21-12)22-9-7-15(8-10-22)17(23)14-3-5-16(19)6-4-14/h3-6,11,15H,7-10H2,1-2H3. The number of carbonyl (C=O) groups excluding carboxylic acids is 1. The summed E-state index contributed by atoms with van der Waals surface area (Å²) >= 11 is 5.89. The average molecular weight is 330 g/mol. The summed E-state index contributed by atoms with van der Waals surface area (Å²) < 4.78 is 0. The van der Waals surface area contributed by atoms with Crippen LogP contribution in [0.2, 0.25) is 5.02 Å². The van der Waals surface area contributed by atoms with Gasteiger partial charge in [-0.1, -0.05) is 11.6 Å². The van der Waals surface area contributed by atoms with Crippen molar-refractivity contribution < 1.29 is 4.79 Å². The van der Waals surface area contributed by atoms with Crippen LogP contribution >= 0.6 is 11.6 Å². The highest BCUT2D eigenvalue weighted by atomic mass is 35.5. The molecule has 0 radical (unpaired) electrons. The van der Waals surface area contributed by atoms with Crippen LogP contribution in [-0.2, 0) is 0 Å². The van der Waals surface area contributed by atoms with Crippen LogP contribution in [0, 0.1) is 19.8 Å². The zero-order valence-corrected chi connectivity index (χ0v) is 14.2. The van der Waals surface area contributed by atoms with Gasteiger partial charge >= 0.3 is 0 Å². The van der Waals surface area contributed by atoms with Crippen molar-refractivity contribution >= 4 is 23.2 Å². The van der Waals surface area contributed by atoms with Crippen molar-refractivity contribution in [3.05, 3.63) is 52.4 Å². The number of hydrogen-bond donors (Lipinski definition) is 0. The second-order valence-corrected chi connectivity index (χ2v) is 6.49. The van der Waals surface area contributed by atoms with E-state index in [0.717, 1.165) is 48.7 Å². The Balaban J connectivity index is 1.67. The molecular weight excluding hydrogens is 310 g/mol. The van der Waals surface area contributed by atoms with E-state index in [1.54, 1.807) is 18.3 Å². The number of nitrogens with zero attached hydrogens (tertiary/aromatic N) is 3. The van der Waals surface area contributed by atoms with E-state index in [1.165, 1.54) is 0 Å². The fourth-order valence-corrected chi connectivity index (χ4v) is 3.15. The van der Waals surface area contributed by atoms with Crippen LogP contribution < -0.4 is 4.90 Å². The van der Waals surface area contributed by atoms with Gasteiger partial charge in [-0.05, 0) is 51.0 Å². The Morgan fingerprint density at radius 1 is 1.17 bits per heavy atom. The third-order valence-corrected chi connectivity index (χ3v) is 4.60. The lowest BCUT2D eigenvalue weighted by atomic mass is 9.89. The predicted octanol–water partition coefficient (Wildman–Crippen LogP) is 3.85. The monoisotopic (exact) mass is 329 g/mol. The van der Waals surface area contributed by atoms with Crippen molar-refractivity contribution in [3.63, 3.8) is 0 Å². The van der Waals surface area contributed by atoms with E-state index in [1.807, 2.05) is 26.0 Å². The van der Waals surface area contributed by atoms with Gasteiger partial charge in [0.1, 0.15) is 5.82 Å². The van der Waals surface area contributed by atoms with Crippen molar-refractivity contribution in [2.75, 3.05) is 18.0 Å². The molecule has 3 rings (SSSR count). The van der Waals surface area contributed by atoms with Gasteiger partial charge in [0, 0.05) is 35.8 Å². The van der Waals surface area contributed by atoms with E-state index in [2.05, 4.69) is 14.9 Å². The first-order valence-corrected chi connectivity index (χ1v) is 8.27. The summed E-state index contributed by atoms with van der Waals surface area (Å²) in [4.78, 5) is 23.8. The molecule has 0 spiro atoms. The summed E-state index contributed by atoms with van der Waals surface area (Å²) in [5, 5.41) is 0.657. The molecular formula is C18H20ClN3O. The van der Waals surface area contributed by atoms with Crippen LogP contribution in [0.15, 0.2) is 30.5 Å². The summed E-state index contributed by atoms with van der Waals surface area (Å²) in [7, 11) is 0. The molecule has 2 heterocycles. The smallest absolute Gasteiger partial charge is 0.166 e. The van der Waals surface area contributed by atoms with E-state index in [9.17, 15) is 4.79 Å². The number of piperidine rings is 1. The molecule has 2 aromatic rings. The molecule has 0 saturated carbocycles. The molecule has 0 aliphatic carbocycles. The van der Waals surface area contributed by atoms with Gasteiger partial charge in [0.25, 0.3) is 0 Å². The van der Waals surface area contributed by atoms with Gasteiger partial charge in [0.2, 0.25) is 0 Å². The lowest BCUT2D eigenvalue weighted by Gasteiger charge is -2.32.